The molecular formula is C13H9IO2. The SMILES string of the molecule is O=C1OC2C=CC=CC2=C2C(I)=CC=CC12. The first-order valence-corrected chi connectivity index (χ1v) is 6.19. The van der Waals surface area contributed by atoms with Gasteiger partial charge in [0.25, 0.3) is 0 Å². The maximum Gasteiger partial charge on any atom is 0.318 e. The van der Waals surface area contributed by atoms with Crippen molar-refractivity contribution in [1.29, 1.82) is 0 Å². The standard InChI is InChI=1S/C13H9IO2/c14-10-6-3-5-9-12(10)8-4-1-2-7-11(8)16-13(9)15/h1-7,9,11H. The lowest BCUT2D eigenvalue weighted by atomic mass is 9.84. The molecule has 0 amide bonds. The summed E-state index contributed by atoms with van der Waals surface area (Å²) in [5.41, 5.74) is 2.21. The summed E-state index contributed by atoms with van der Waals surface area (Å²) in [6.45, 7) is 0. The molecule has 0 saturated carbocycles. The number of fused-ring (bicyclic) bond motifs is 2. The Labute approximate surface area is 107 Å². The molecule has 0 aromatic heterocycles. The second-order valence-electron chi connectivity index (χ2n) is 3.85. The average Bonchev–Trinajstić information content (AvgIpc) is 2.30. The Kier molecular flexibility index (Phi) is 2.35. The maximum absolute atomic E-state index is 11.8. The summed E-state index contributed by atoms with van der Waals surface area (Å²) in [5.74, 6) is -0.374. The molecule has 0 bridgehead atoms. The number of hydrogen-bond donors (Lipinski definition) is 0. The molecule has 1 aliphatic heterocycles. The number of rotatable bonds is 0. The molecule has 0 spiro atoms. The molecule has 80 valence electrons. The smallest absolute Gasteiger partial charge is 0.318 e. The van der Waals surface area contributed by atoms with Crippen LogP contribution in [-0.2, 0) is 9.53 Å². The van der Waals surface area contributed by atoms with Gasteiger partial charge in [0, 0.05) is 9.15 Å². The summed E-state index contributed by atoms with van der Waals surface area (Å²) in [6.07, 6.45) is 13.5. The summed E-state index contributed by atoms with van der Waals surface area (Å²) in [6, 6.07) is 0. The van der Waals surface area contributed by atoms with Crippen LogP contribution in [0.3, 0.4) is 0 Å². The van der Waals surface area contributed by atoms with E-state index in [9.17, 15) is 4.79 Å². The van der Waals surface area contributed by atoms with Crippen LogP contribution in [0.5, 0.6) is 0 Å². The Balaban J connectivity index is 2.20. The van der Waals surface area contributed by atoms with E-state index in [0.29, 0.717) is 0 Å². The fourth-order valence-electron chi connectivity index (χ4n) is 2.17. The topological polar surface area (TPSA) is 26.3 Å². The molecule has 0 radical (unpaired) electrons. The molecule has 0 fully saturated rings. The van der Waals surface area contributed by atoms with Crippen LogP contribution in [0.25, 0.3) is 0 Å². The van der Waals surface area contributed by atoms with E-state index in [0.717, 1.165) is 14.7 Å². The van der Waals surface area contributed by atoms with E-state index in [2.05, 4.69) is 22.6 Å². The molecule has 2 aliphatic carbocycles. The number of halogens is 1. The maximum atomic E-state index is 11.8. The van der Waals surface area contributed by atoms with Gasteiger partial charge in [0.2, 0.25) is 0 Å². The van der Waals surface area contributed by atoms with Crippen LogP contribution in [0.1, 0.15) is 0 Å². The van der Waals surface area contributed by atoms with Gasteiger partial charge >= 0.3 is 5.97 Å². The molecule has 0 saturated heterocycles. The Hall–Kier alpha value is -1.10. The predicted octanol–water partition coefficient (Wildman–Crippen LogP) is 2.84. The largest absolute Gasteiger partial charge is 0.452 e. The minimum absolute atomic E-state index is 0.151. The van der Waals surface area contributed by atoms with Gasteiger partial charge in [-0.3, -0.25) is 4.79 Å². The monoisotopic (exact) mass is 324 g/mol. The number of carbonyl (C=O) groups excluding carboxylic acids is 1. The second-order valence-corrected chi connectivity index (χ2v) is 5.01. The van der Waals surface area contributed by atoms with Crippen molar-refractivity contribution in [3.8, 4) is 0 Å². The first kappa shape index (κ1) is 10.1. The highest BCUT2D eigenvalue weighted by Crippen LogP contribution is 2.39. The van der Waals surface area contributed by atoms with E-state index < -0.39 is 0 Å². The van der Waals surface area contributed by atoms with Crippen LogP contribution < -0.4 is 0 Å². The Morgan fingerprint density at radius 3 is 2.94 bits per heavy atom. The van der Waals surface area contributed by atoms with Crippen molar-refractivity contribution in [3.05, 3.63) is 57.3 Å². The summed E-state index contributed by atoms with van der Waals surface area (Å²) in [4.78, 5) is 11.8. The zero-order valence-electron chi connectivity index (χ0n) is 8.39. The van der Waals surface area contributed by atoms with Crippen LogP contribution in [0.4, 0.5) is 0 Å². The molecule has 1 heterocycles. The molecule has 3 aliphatic rings. The van der Waals surface area contributed by atoms with Crippen molar-refractivity contribution in [3.63, 3.8) is 0 Å². The van der Waals surface area contributed by atoms with Gasteiger partial charge in [0.05, 0.1) is 0 Å². The third kappa shape index (κ3) is 1.42. The summed E-state index contributed by atoms with van der Waals surface area (Å²) in [7, 11) is 0. The average molecular weight is 324 g/mol. The highest BCUT2D eigenvalue weighted by atomic mass is 127. The lowest BCUT2D eigenvalue weighted by Gasteiger charge is -2.31. The zero-order valence-corrected chi connectivity index (χ0v) is 10.5. The van der Waals surface area contributed by atoms with Crippen LogP contribution in [0.2, 0.25) is 0 Å². The van der Waals surface area contributed by atoms with Crippen molar-refractivity contribution >= 4 is 28.6 Å². The molecule has 2 atom stereocenters. The first-order valence-electron chi connectivity index (χ1n) is 5.11. The van der Waals surface area contributed by atoms with E-state index in [1.807, 2.05) is 42.5 Å². The number of carbonyl (C=O) groups is 1. The van der Waals surface area contributed by atoms with Crippen LogP contribution in [-0.4, -0.2) is 12.1 Å². The van der Waals surface area contributed by atoms with Crippen molar-refractivity contribution < 1.29 is 9.53 Å². The second kappa shape index (κ2) is 3.73. The summed E-state index contributed by atoms with van der Waals surface area (Å²) in [5, 5.41) is 0. The zero-order chi connectivity index (χ0) is 11.1. The molecular weight excluding hydrogens is 315 g/mol. The van der Waals surface area contributed by atoms with Crippen molar-refractivity contribution in [2.24, 2.45) is 5.92 Å². The molecule has 0 aromatic rings. The van der Waals surface area contributed by atoms with E-state index >= 15 is 0 Å². The Morgan fingerprint density at radius 1 is 1.19 bits per heavy atom. The quantitative estimate of drug-likeness (QED) is 0.506. The number of hydrogen-bond acceptors (Lipinski definition) is 2. The van der Waals surface area contributed by atoms with E-state index in [4.69, 9.17) is 4.74 Å². The number of esters is 1. The molecule has 16 heavy (non-hydrogen) atoms. The van der Waals surface area contributed by atoms with Gasteiger partial charge in [0.15, 0.2) is 0 Å². The van der Waals surface area contributed by atoms with Gasteiger partial charge in [-0.15, -0.1) is 0 Å². The fraction of sp³-hybridized carbons (Fsp3) is 0.154. The van der Waals surface area contributed by atoms with E-state index in [1.165, 1.54) is 0 Å². The minimum Gasteiger partial charge on any atom is -0.452 e. The lowest BCUT2D eigenvalue weighted by Crippen LogP contribution is -2.33. The van der Waals surface area contributed by atoms with Crippen LogP contribution in [0, 0.1) is 5.92 Å². The lowest BCUT2D eigenvalue weighted by molar-refractivity contribution is -0.148. The van der Waals surface area contributed by atoms with Crippen LogP contribution in [0.15, 0.2) is 57.3 Å². The molecule has 3 rings (SSSR count). The predicted molar refractivity (Wildman–Crippen MR) is 69.9 cm³/mol. The third-order valence-corrected chi connectivity index (χ3v) is 3.84. The fourth-order valence-corrected chi connectivity index (χ4v) is 3.02. The molecule has 0 aromatic carbocycles. The Morgan fingerprint density at radius 2 is 2.06 bits per heavy atom. The molecule has 0 N–H and O–H groups in total. The minimum atomic E-state index is -0.223. The van der Waals surface area contributed by atoms with Crippen molar-refractivity contribution in [1.82, 2.24) is 0 Å². The third-order valence-electron chi connectivity index (χ3n) is 2.90. The summed E-state index contributed by atoms with van der Waals surface area (Å²) >= 11 is 2.28. The number of ether oxygens (including phenoxy) is 1. The van der Waals surface area contributed by atoms with Gasteiger partial charge < -0.3 is 4.74 Å². The van der Waals surface area contributed by atoms with E-state index in [-0.39, 0.29) is 18.0 Å². The molecule has 2 unspecified atom stereocenters. The van der Waals surface area contributed by atoms with Crippen molar-refractivity contribution in [2.45, 2.75) is 6.10 Å². The normalized spacial score (nSPS) is 30.8. The van der Waals surface area contributed by atoms with Gasteiger partial charge in [0.1, 0.15) is 12.0 Å². The molecule has 2 nitrogen and oxygen atoms in total. The highest BCUT2D eigenvalue weighted by molar-refractivity contribution is 14.1. The van der Waals surface area contributed by atoms with Gasteiger partial charge in [-0.2, -0.15) is 0 Å². The first-order chi connectivity index (χ1) is 7.77. The van der Waals surface area contributed by atoms with E-state index in [1.54, 1.807) is 0 Å². The van der Waals surface area contributed by atoms with Gasteiger partial charge in [-0.05, 0) is 40.3 Å². The highest BCUT2D eigenvalue weighted by Gasteiger charge is 2.36. The Bertz CT molecular complexity index is 506. The van der Waals surface area contributed by atoms with Crippen molar-refractivity contribution in [2.75, 3.05) is 0 Å². The van der Waals surface area contributed by atoms with Crippen LogP contribution >= 0.6 is 22.6 Å². The van der Waals surface area contributed by atoms with Gasteiger partial charge in [-0.25, -0.2) is 0 Å². The number of allylic oxidation sites excluding steroid dienone is 5. The summed E-state index contributed by atoms with van der Waals surface area (Å²) < 4.78 is 6.52. The van der Waals surface area contributed by atoms with Gasteiger partial charge in [-0.1, -0.05) is 30.4 Å². The molecule has 3 heteroatoms.